The van der Waals surface area contributed by atoms with Crippen LogP contribution in [0.3, 0.4) is 0 Å². The van der Waals surface area contributed by atoms with Crippen molar-refractivity contribution in [2.24, 2.45) is 0 Å². The van der Waals surface area contributed by atoms with Crippen molar-refractivity contribution in [2.45, 2.75) is 70.7 Å². The highest BCUT2D eigenvalue weighted by molar-refractivity contribution is 5.83. The van der Waals surface area contributed by atoms with Crippen LogP contribution in [0.1, 0.15) is 75.8 Å². The standard InChI is InChI=1S/C43H44N6O4/c1-43(2,3)53-42(51)49-24-8-12-38(49)40-45-34-22-21-33(25-35(34)46-40)31-15-13-29(14-16-31)30-17-19-32(20-18-30)36-26-44-39(47-36)37-11-7-23-48(37)41(50)52-27-28-9-5-4-6-10-28/h4-6,9-10,13-22,25-26,37-38H,7-8,11-12,23-24,27H2,1-3H3,(H,44,47)(H,45,46)/t37-,38-/m0/s1. The van der Waals surface area contributed by atoms with Crippen molar-refractivity contribution in [2.75, 3.05) is 13.1 Å². The molecule has 4 aromatic carbocycles. The Balaban J connectivity index is 0.919. The van der Waals surface area contributed by atoms with Crippen LogP contribution in [-0.4, -0.2) is 60.6 Å². The van der Waals surface area contributed by atoms with Crippen molar-refractivity contribution >= 4 is 23.2 Å². The molecule has 2 aromatic heterocycles. The molecular formula is C43H44N6O4. The molecule has 10 nitrogen and oxygen atoms in total. The molecule has 2 atom stereocenters. The summed E-state index contributed by atoms with van der Waals surface area (Å²) in [4.78, 5) is 45.9. The van der Waals surface area contributed by atoms with Gasteiger partial charge in [0.2, 0.25) is 0 Å². The fourth-order valence-electron chi connectivity index (χ4n) is 7.38. The van der Waals surface area contributed by atoms with Crippen LogP contribution >= 0.6 is 0 Å². The van der Waals surface area contributed by atoms with E-state index in [0.29, 0.717) is 13.1 Å². The van der Waals surface area contributed by atoms with Gasteiger partial charge < -0.3 is 19.4 Å². The number of aromatic amines is 2. The molecule has 0 aliphatic carbocycles. The zero-order valence-corrected chi connectivity index (χ0v) is 30.3. The third kappa shape index (κ3) is 7.40. The quantitative estimate of drug-likeness (QED) is 0.171. The second-order valence-corrected chi connectivity index (χ2v) is 14.9. The fourth-order valence-corrected chi connectivity index (χ4v) is 7.38. The Kier molecular flexibility index (Phi) is 9.20. The maximum absolute atomic E-state index is 13.0. The number of fused-ring (bicyclic) bond motifs is 1. The second-order valence-electron chi connectivity index (χ2n) is 14.9. The van der Waals surface area contributed by atoms with Crippen LogP contribution in [0.4, 0.5) is 9.59 Å². The Morgan fingerprint density at radius 3 is 1.96 bits per heavy atom. The number of hydrogen-bond acceptors (Lipinski definition) is 6. The molecule has 0 saturated carbocycles. The van der Waals surface area contributed by atoms with Gasteiger partial charge in [0.05, 0.1) is 35.0 Å². The van der Waals surface area contributed by atoms with Crippen LogP contribution in [0.2, 0.25) is 0 Å². The smallest absolute Gasteiger partial charge is 0.410 e. The third-order valence-electron chi connectivity index (χ3n) is 10.0. The van der Waals surface area contributed by atoms with Gasteiger partial charge in [0.1, 0.15) is 23.9 Å². The predicted octanol–water partition coefficient (Wildman–Crippen LogP) is 9.83. The molecule has 270 valence electrons. The maximum Gasteiger partial charge on any atom is 0.410 e. The van der Waals surface area contributed by atoms with E-state index in [4.69, 9.17) is 14.5 Å². The first kappa shape index (κ1) is 34.2. The summed E-state index contributed by atoms with van der Waals surface area (Å²) in [6, 6.07) is 32.7. The topological polar surface area (TPSA) is 116 Å². The number of rotatable bonds is 7. The molecule has 0 bridgehead atoms. The van der Waals surface area contributed by atoms with E-state index in [1.807, 2.05) is 63.4 Å². The largest absolute Gasteiger partial charge is 0.445 e. The van der Waals surface area contributed by atoms with Crippen LogP contribution in [-0.2, 0) is 16.1 Å². The van der Waals surface area contributed by atoms with Crippen molar-refractivity contribution < 1.29 is 19.1 Å². The average molecular weight is 709 g/mol. The van der Waals surface area contributed by atoms with E-state index in [0.717, 1.165) is 87.4 Å². The SMILES string of the molecule is CC(C)(C)OC(=O)N1CCC[C@H]1c1nc2ccc(-c3ccc(-c4ccc(-c5cnc([C@@H]6CCCN6C(=O)OCc6ccccc6)[nH]5)cc4)cc3)cc2[nH]1. The summed E-state index contributed by atoms with van der Waals surface area (Å²) in [5, 5.41) is 0. The molecule has 10 heteroatoms. The predicted molar refractivity (Wildman–Crippen MR) is 205 cm³/mol. The fraction of sp³-hybridized carbons (Fsp3) is 0.302. The Morgan fingerprint density at radius 2 is 1.30 bits per heavy atom. The first-order valence-electron chi connectivity index (χ1n) is 18.4. The van der Waals surface area contributed by atoms with Crippen LogP contribution in [0, 0.1) is 0 Å². The van der Waals surface area contributed by atoms with E-state index in [2.05, 4.69) is 75.6 Å². The molecule has 53 heavy (non-hydrogen) atoms. The first-order valence-corrected chi connectivity index (χ1v) is 18.4. The summed E-state index contributed by atoms with van der Waals surface area (Å²) in [5.74, 6) is 1.57. The van der Waals surface area contributed by atoms with Gasteiger partial charge in [-0.2, -0.15) is 0 Å². The molecule has 0 radical (unpaired) electrons. The number of benzene rings is 4. The number of amides is 2. The summed E-state index contributed by atoms with van der Waals surface area (Å²) in [6.45, 7) is 7.23. The lowest BCUT2D eigenvalue weighted by Crippen LogP contribution is -2.36. The average Bonchev–Trinajstić information content (AvgIpc) is 4.00. The van der Waals surface area contributed by atoms with E-state index in [1.165, 1.54) is 0 Å². The molecular weight excluding hydrogens is 665 g/mol. The number of H-pyrrole nitrogens is 2. The summed E-state index contributed by atoms with van der Waals surface area (Å²) < 4.78 is 11.3. The van der Waals surface area contributed by atoms with Gasteiger partial charge in [-0.3, -0.25) is 9.80 Å². The van der Waals surface area contributed by atoms with Crippen molar-refractivity contribution in [3.05, 3.63) is 120 Å². The Labute approximate surface area is 309 Å². The molecule has 0 spiro atoms. The minimum Gasteiger partial charge on any atom is -0.445 e. The van der Waals surface area contributed by atoms with Gasteiger partial charge in [-0.05, 0) is 92.0 Å². The number of nitrogens with one attached hydrogen (secondary N) is 2. The lowest BCUT2D eigenvalue weighted by atomic mass is 9.99. The van der Waals surface area contributed by atoms with E-state index in [1.54, 1.807) is 9.80 Å². The molecule has 8 rings (SSSR count). The molecule has 2 fully saturated rings. The number of ether oxygens (including phenoxy) is 2. The molecule has 0 unspecified atom stereocenters. The van der Waals surface area contributed by atoms with Crippen molar-refractivity contribution in [1.82, 2.24) is 29.7 Å². The molecule has 4 heterocycles. The number of aromatic nitrogens is 4. The van der Waals surface area contributed by atoms with Crippen LogP contribution in [0.15, 0.2) is 103 Å². The highest BCUT2D eigenvalue weighted by atomic mass is 16.6. The van der Waals surface area contributed by atoms with Gasteiger partial charge in [0, 0.05) is 13.1 Å². The number of imidazole rings is 2. The number of carbonyl (C=O) groups is 2. The van der Waals surface area contributed by atoms with Gasteiger partial charge in [-0.1, -0.05) is 84.9 Å². The summed E-state index contributed by atoms with van der Waals surface area (Å²) >= 11 is 0. The minimum absolute atomic E-state index is 0.125. The Morgan fingerprint density at radius 1 is 0.717 bits per heavy atom. The Hall–Kier alpha value is -5.90. The number of nitrogens with zero attached hydrogens (tertiary/aromatic N) is 4. The zero-order chi connectivity index (χ0) is 36.5. The maximum atomic E-state index is 13.0. The minimum atomic E-state index is -0.543. The van der Waals surface area contributed by atoms with E-state index >= 15 is 0 Å². The lowest BCUT2D eigenvalue weighted by molar-refractivity contribution is 0.0218. The van der Waals surface area contributed by atoms with Gasteiger partial charge in [-0.15, -0.1) is 0 Å². The van der Waals surface area contributed by atoms with E-state index in [-0.39, 0.29) is 30.9 Å². The lowest BCUT2D eigenvalue weighted by Gasteiger charge is -2.27. The van der Waals surface area contributed by atoms with Crippen molar-refractivity contribution in [3.63, 3.8) is 0 Å². The van der Waals surface area contributed by atoms with Crippen molar-refractivity contribution in [3.8, 4) is 33.5 Å². The zero-order valence-electron chi connectivity index (χ0n) is 30.3. The summed E-state index contributed by atoms with van der Waals surface area (Å²) in [7, 11) is 0. The van der Waals surface area contributed by atoms with E-state index in [9.17, 15) is 9.59 Å². The molecule has 6 aromatic rings. The second kappa shape index (κ2) is 14.3. The van der Waals surface area contributed by atoms with Crippen LogP contribution in [0.5, 0.6) is 0 Å². The number of hydrogen-bond donors (Lipinski definition) is 2. The van der Waals surface area contributed by atoms with E-state index < -0.39 is 5.60 Å². The third-order valence-corrected chi connectivity index (χ3v) is 10.0. The molecule has 2 aliphatic heterocycles. The van der Waals surface area contributed by atoms with Crippen LogP contribution in [0.25, 0.3) is 44.5 Å². The van der Waals surface area contributed by atoms with Gasteiger partial charge in [-0.25, -0.2) is 19.6 Å². The van der Waals surface area contributed by atoms with Crippen LogP contribution < -0.4 is 0 Å². The molecule has 2 aliphatic rings. The van der Waals surface area contributed by atoms with Gasteiger partial charge in [0.25, 0.3) is 0 Å². The normalized spacial score (nSPS) is 17.4. The van der Waals surface area contributed by atoms with Gasteiger partial charge >= 0.3 is 12.2 Å². The summed E-state index contributed by atoms with van der Waals surface area (Å²) in [5.41, 5.74) is 8.61. The van der Waals surface area contributed by atoms with Gasteiger partial charge in [0.15, 0.2) is 0 Å². The number of likely N-dealkylation sites (tertiary alicyclic amines) is 2. The molecule has 2 amide bonds. The first-order chi connectivity index (χ1) is 25.7. The monoisotopic (exact) mass is 708 g/mol. The molecule has 2 saturated heterocycles. The molecule has 2 N–H and O–H groups in total. The highest BCUT2D eigenvalue weighted by Crippen LogP contribution is 2.35. The number of carbonyl (C=O) groups excluding carboxylic acids is 2. The Bertz CT molecular complexity index is 2220. The highest BCUT2D eigenvalue weighted by Gasteiger charge is 2.35. The van der Waals surface area contributed by atoms with Crippen molar-refractivity contribution in [1.29, 1.82) is 0 Å². The summed E-state index contributed by atoms with van der Waals surface area (Å²) in [6.07, 6.45) is 4.75.